The Kier molecular flexibility index (Phi) is 4.83. The Morgan fingerprint density at radius 2 is 2.04 bits per heavy atom. The van der Waals surface area contributed by atoms with Crippen molar-refractivity contribution < 1.29 is 14.3 Å². The van der Waals surface area contributed by atoms with Crippen molar-refractivity contribution in [3.63, 3.8) is 0 Å². The van der Waals surface area contributed by atoms with Gasteiger partial charge in [-0.2, -0.15) is 0 Å². The Balaban J connectivity index is 1.50. The summed E-state index contributed by atoms with van der Waals surface area (Å²) in [5.41, 5.74) is 0.874. The monoisotopic (exact) mass is 329 g/mol. The zero-order valence-corrected chi connectivity index (χ0v) is 13.1. The minimum atomic E-state index is -0.201. The lowest BCUT2D eigenvalue weighted by Gasteiger charge is -2.26. The summed E-state index contributed by atoms with van der Waals surface area (Å²) in [7, 11) is 0. The van der Waals surface area contributed by atoms with Crippen molar-refractivity contribution in [3.05, 3.63) is 65.2 Å². The van der Waals surface area contributed by atoms with Crippen LogP contribution in [0.1, 0.15) is 5.56 Å². The summed E-state index contributed by atoms with van der Waals surface area (Å²) >= 11 is 5.90. The van der Waals surface area contributed by atoms with Gasteiger partial charge in [-0.3, -0.25) is 4.79 Å². The number of carbonyl (C=O) groups excluding carboxylic acids is 1. The molecule has 4 nitrogen and oxygen atoms in total. The molecule has 5 heteroatoms. The molecule has 2 aromatic carbocycles. The SMILES string of the molecule is O=C(/C=C/c1cccc(Cl)c1)NC[C@@H]1COc2ccccc2O1. The third-order valence-electron chi connectivity index (χ3n) is 3.35. The number of para-hydroxylation sites is 2. The van der Waals surface area contributed by atoms with Crippen molar-refractivity contribution in [1.82, 2.24) is 5.32 Å². The highest BCUT2D eigenvalue weighted by atomic mass is 35.5. The summed E-state index contributed by atoms with van der Waals surface area (Å²) in [6.45, 7) is 0.794. The molecule has 0 radical (unpaired) electrons. The van der Waals surface area contributed by atoms with E-state index in [4.69, 9.17) is 21.1 Å². The van der Waals surface area contributed by atoms with Crippen molar-refractivity contribution in [1.29, 1.82) is 0 Å². The van der Waals surface area contributed by atoms with Gasteiger partial charge >= 0.3 is 0 Å². The van der Waals surface area contributed by atoms with Gasteiger partial charge in [-0.15, -0.1) is 0 Å². The first-order chi connectivity index (χ1) is 11.2. The van der Waals surface area contributed by atoms with Crippen LogP contribution in [0, 0.1) is 0 Å². The highest BCUT2D eigenvalue weighted by Crippen LogP contribution is 2.30. The molecular weight excluding hydrogens is 314 g/mol. The number of hydrogen-bond donors (Lipinski definition) is 1. The molecule has 23 heavy (non-hydrogen) atoms. The topological polar surface area (TPSA) is 47.6 Å². The fourth-order valence-electron chi connectivity index (χ4n) is 2.22. The highest BCUT2D eigenvalue weighted by Gasteiger charge is 2.20. The van der Waals surface area contributed by atoms with Crippen LogP contribution in [-0.4, -0.2) is 25.2 Å². The number of carbonyl (C=O) groups is 1. The Morgan fingerprint density at radius 3 is 2.87 bits per heavy atom. The summed E-state index contributed by atoms with van der Waals surface area (Å²) in [6, 6.07) is 14.8. The Labute approximate surface area is 139 Å². The summed E-state index contributed by atoms with van der Waals surface area (Å²) < 4.78 is 11.4. The average molecular weight is 330 g/mol. The van der Waals surface area contributed by atoms with Crippen LogP contribution < -0.4 is 14.8 Å². The highest BCUT2D eigenvalue weighted by molar-refractivity contribution is 6.30. The van der Waals surface area contributed by atoms with Gasteiger partial charge in [0.05, 0.1) is 6.54 Å². The number of halogens is 1. The maximum atomic E-state index is 11.9. The predicted octanol–water partition coefficient (Wildman–Crippen LogP) is 3.31. The standard InChI is InChI=1S/C18H16ClNO3/c19-14-5-3-4-13(10-14)8-9-18(21)20-11-15-12-22-16-6-1-2-7-17(16)23-15/h1-10,15H,11-12H2,(H,20,21)/b9-8+/t15-/m1/s1. The zero-order valence-electron chi connectivity index (χ0n) is 12.4. The van der Waals surface area contributed by atoms with Gasteiger partial charge in [-0.05, 0) is 35.9 Å². The fourth-order valence-corrected chi connectivity index (χ4v) is 2.42. The van der Waals surface area contributed by atoms with Gasteiger partial charge in [0, 0.05) is 11.1 Å². The molecule has 118 valence electrons. The molecular formula is C18H16ClNO3. The van der Waals surface area contributed by atoms with Crippen LogP contribution in [0.4, 0.5) is 0 Å². The van der Waals surface area contributed by atoms with Gasteiger partial charge in [0.1, 0.15) is 12.7 Å². The lowest BCUT2D eigenvalue weighted by molar-refractivity contribution is -0.116. The smallest absolute Gasteiger partial charge is 0.244 e. The van der Waals surface area contributed by atoms with E-state index in [2.05, 4.69) is 5.32 Å². The van der Waals surface area contributed by atoms with Crippen LogP contribution in [0.15, 0.2) is 54.6 Å². The van der Waals surface area contributed by atoms with Crippen LogP contribution in [-0.2, 0) is 4.79 Å². The van der Waals surface area contributed by atoms with E-state index in [1.165, 1.54) is 6.08 Å². The second kappa shape index (κ2) is 7.20. The van der Waals surface area contributed by atoms with Gasteiger partial charge in [-0.25, -0.2) is 0 Å². The average Bonchev–Trinajstić information content (AvgIpc) is 2.58. The maximum absolute atomic E-state index is 11.9. The molecule has 1 N–H and O–H groups in total. The molecule has 0 unspecified atom stereocenters. The zero-order chi connectivity index (χ0) is 16.1. The second-order valence-corrected chi connectivity index (χ2v) is 5.57. The van der Waals surface area contributed by atoms with E-state index in [9.17, 15) is 4.79 Å². The molecule has 0 aliphatic carbocycles. The van der Waals surface area contributed by atoms with E-state index in [1.807, 2.05) is 36.4 Å². The lowest BCUT2D eigenvalue weighted by Crippen LogP contribution is -2.40. The van der Waals surface area contributed by atoms with Gasteiger partial charge in [0.25, 0.3) is 0 Å². The summed E-state index contributed by atoms with van der Waals surface area (Å²) in [5.74, 6) is 1.25. The minimum absolute atomic E-state index is 0.188. The first kappa shape index (κ1) is 15.4. The molecule has 1 heterocycles. The molecule has 0 aromatic heterocycles. The molecule has 0 spiro atoms. The van der Waals surface area contributed by atoms with Crippen molar-refractivity contribution >= 4 is 23.6 Å². The lowest BCUT2D eigenvalue weighted by atomic mass is 10.2. The third kappa shape index (κ3) is 4.27. The van der Waals surface area contributed by atoms with Crippen molar-refractivity contribution in [2.24, 2.45) is 0 Å². The van der Waals surface area contributed by atoms with Crippen LogP contribution in [0.25, 0.3) is 6.08 Å². The first-order valence-electron chi connectivity index (χ1n) is 7.31. The van der Waals surface area contributed by atoms with E-state index in [-0.39, 0.29) is 12.0 Å². The molecule has 0 bridgehead atoms. The van der Waals surface area contributed by atoms with Gasteiger partial charge in [-0.1, -0.05) is 35.9 Å². The quantitative estimate of drug-likeness (QED) is 0.875. The number of nitrogens with one attached hydrogen (secondary N) is 1. The van der Waals surface area contributed by atoms with Gasteiger partial charge in [0.15, 0.2) is 11.5 Å². The molecule has 0 fully saturated rings. The number of rotatable bonds is 4. The first-order valence-corrected chi connectivity index (χ1v) is 7.68. The van der Waals surface area contributed by atoms with Crippen molar-refractivity contribution in [2.45, 2.75) is 6.10 Å². The normalized spacial score (nSPS) is 16.3. The predicted molar refractivity (Wildman–Crippen MR) is 89.8 cm³/mol. The van der Waals surface area contributed by atoms with Gasteiger partial charge < -0.3 is 14.8 Å². The van der Waals surface area contributed by atoms with Crippen LogP contribution in [0.2, 0.25) is 5.02 Å². The van der Waals surface area contributed by atoms with Gasteiger partial charge in [0.2, 0.25) is 5.91 Å². The minimum Gasteiger partial charge on any atom is -0.486 e. The molecule has 3 rings (SSSR count). The second-order valence-electron chi connectivity index (χ2n) is 5.13. The number of fused-ring (bicyclic) bond motifs is 1. The molecule has 1 amide bonds. The Hall–Kier alpha value is -2.46. The Bertz CT molecular complexity index is 730. The molecule has 2 aromatic rings. The van der Waals surface area contributed by atoms with Crippen molar-refractivity contribution in [3.8, 4) is 11.5 Å². The summed E-state index contributed by atoms with van der Waals surface area (Å²) in [4.78, 5) is 11.9. The van der Waals surface area contributed by atoms with E-state index in [0.717, 1.165) is 11.3 Å². The fraction of sp³-hybridized carbons (Fsp3) is 0.167. The maximum Gasteiger partial charge on any atom is 0.244 e. The molecule has 1 aliphatic heterocycles. The van der Waals surface area contributed by atoms with E-state index in [1.54, 1.807) is 18.2 Å². The van der Waals surface area contributed by atoms with E-state index >= 15 is 0 Å². The Morgan fingerprint density at radius 1 is 1.22 bits per heavy atom. The molecule has 1 aliphatic rings. The third-order valence-corrected chi connectivity index (χ3v) is 3.58. The molecule has 0 saturated heterocycles. The summed E-state index contributed by atoms with van der Waals surface area (Å²) in [5, 5.41) is 3.44. The number of ether oxygens (including phenoxy) is 2. The van der Waals surface area contributed by atoms with E-state index in [0.29, 0.717) is 23.9 Å². The van der Waals surface area contributed by atoms with Crippen molar-refractivity contribution in [2.75, 3.05) is 13.2 Å². The number of amides is 1. The molecule has 1 atom stereocenters. The van der Waals surface area contributed by atoms with E-state index < -0.39 is 0 Å². The number of benzene rings is 2. The molecule has 0 saturated carbocycles. The van der Waals surface area contributed by atoms with Crippen LogP contribution >= 0.6 is 11.6 Å². The summed E-state index contributed by atoms with van der Waals surface area (Å²) in [6.07, 6.45) is 2.99. The largest absolute Gasteiger partial charge is 0.486 e. The number of hydrogen-bond acceptors (Lipinski definition) is 3. The van der Waals surface area contributed by atoms with Crippen LogP contribution in [0.3, 0.4) is 0 Å². The van der Waals surface area contributed by atoms with Crippen LogP contribution in [0.5, 0.6) is 11.5 Å².